The molecule has 22 heteroatoms. The molecule has 0 aromatic carbocycles. The molecule has 22 nitrogen and oxygen atoms in total. The summed E-state index contributed by atoms with van der Waals surface area (Å²) in [6.45, 7) is 18.3. The van der Waals surface area contributed by atoms with E-state index in [1.807, 2.05) is 0 Å². The summed E-state index contributed by atoms with van der Waals surface area (Å²) in [7, 11) is 0. The van der Waals surface area contributed by atoms with Gasteiger partial charge in [0.2, 0.25) is 53.2 Å². The van der Waals surface area contributed by atoms with Crippen LogP contribution in [-0.2, 0) is 43.2 Å². The van der Waals surface area contributed by atoms with E-state index in [-0.39, 0.29) is 45.2 Å². The predicted molar refractivity (Wildman–Crippen MR) is 232 cm³/mol. The van der Waals surface area contributed by atoms with Gasteiger partial charge in [-0.2, -0.15) is 0 Å². The monoisotopic (exact) mass is 882 g/mol. The number of nitrogens with two attached hydrogens (primary N) is 4. The Kier molecular flexibility index (Phi) is 19.0. The van der Waals surface area contributed by atoms with Crippen molar-refractivity contribution in [3.8, 4) is 0 Å². The van der Waals surface area contributed by atoms with Crippen LogP contribution in [0.3, 0.4) is 0 Å². The Labute approximate surface area is 365 Å². The first-order valence-corrected chi connectivity index (χ1v) is 20.9. The van der Waals surface area contributed by atoms with Crippen molar-refractivity contribution in [2.75, 3.05) is 26.2 Å². The van der Waals surface area contributed by atoms with E-state index in [9.17, 15) is 43.2 Å². The van der Waals surface area contributed by atoms with Crippen LogP contribution in [0.25, 0.3) is 0 Å². The summed E-state index contributed by atoms with van der Waals surface area (Å²) in [5.74, 6) is -6.47. The van der Waals surface area contributed by atoms with Gasteiger partial charge in [0.1, 0.15) is 45.3 Å². The molecule has 1 aliphatic heterocycles. The lowest BCUT2D eigenvalue weighted by Crippen LogP contribution is -2.69. The van der Waals surface area contributed by atoms with E-state index in [0.29, 0.717) is 19.5 Å². The van der Waals surface area contributed by atoms with Crippen molar-refractivity contribution in [3.63, 3.8) is 0 Å². The van der Waals surface area contributed by atoms with Crippen molar-refractivity contribution in [1.29, 1.82) is 0 Å². The van der Waals surface area contributed by atoms with Crippen LogP contribution in [0.4, 0.5) is 0 Å². The normalized spacial score (nSPS) is 15.7. The van der Waals surface area contributed by atoms with Gasteiger partial charge in [-0.05, 0) is 148 Å². The summed E-state index contributed by atoms with van der Waals surface area (Å²) in [5.41, 5.74) is 12.4. The van der Waals surface area contributed by atoms with Gasteiger partial charge >= 0.3 is 0 Å². The third-order valence-electron chi connectivity index (χ3n) is 10.5. The van der Waals surface area contributed by atoms with Gasteiger partial charge in [-0.15, -0.1) is 0 Å². The number of rotatable bonds is 23. The van der Waals surface area contributed by atoms with Crippen LogP contribution in [0.1, 0.15) is 122 Å². The highest BCUT2D eigenvalue weighted by molar-refractivity contribution is 6.01. The highest BCUT2D eigenvalue weighted by Crippen LogP contribution is 2.20. The van der Waals surface area contributed by atoms with Gasteiger partial charge in [0.15, 0.2) is 0 Å². The first-order valence-electron chi connectivity index (χ1n) is 20.9. The predicted octanol–water partition coefficient (Wildman–Crippen LogP) is -3.63. The van der Waals surface area contributed by atoms with E-state index in [0.717, 1.165) is 0 Å². The third-order valence-corrected chi connectivity index (χ3v) is 10.5. The summed E-state index contributed by atoms with van der Waals surface area (Å²) < 4.78 is 0. The Morgan fingerprint density at radius 3 is 1.16 bits per heavy atom. The highest BCUT2D eigenvalue weighted by atomic mass is 16.2. The molecule has 2 atom stereocenters. The van der Waals surface area contributed by atoms with Gasteiger partial charge in [-0.3, -0.25) is 43.2 Å². The molecule has 0 aromatic rings. The smallest absolute Gasteiger partial charge is 0.246 e. The number of hydrogen-bond acceptors (Lipinski definition) is 13. The van der Waals surface area contributed by atoms with E-state index in [4.69, 9.17) is 22.9 Å². The fraction of sp³-hybridized carbons (Fsp3) is 0.775. The number of carbonyl (C=O) groups is 9. The fourth-order valence-corrected chi connectivity index (χ4v) is 5.92. The van der Waals surface area contributed by atoms with Gasteiger partial charge in [-0.25, -0.2) is 0 Å². The lowest BCUT2D eigenvalue weighted by molar-refractivity contribution is -0.141. The minimum absolute atomic E-state index is 0.0513. The zero-order valence-electron chi connectivity index (χ0n) is 38.7. The van der Waals surface area contributed by atoms with Gasteiger partial charge in [0.25, 0.3) is 0 Å². The van der Waals surface area contributed by atoms with Crippen LogP contribution in [0.5, 0.6) is 0 Å². The maximum absolute atomic E-state index is 13.7. The molecule has 17 N–H and O–H groups in total. The molecule has 1 fully saturated rings. The number of nitrogens with one attached hydrogen (secondary N) is 9. The first-order chi connectivity index (χ1) is 28.1. The Morgan fingerprint density at radius 1 is 0.516 bits per heavy atom. The third kappa shape index (κ3) is 15.8. The zero-order valence-corrected chi connectivity index (χ0v) is 38.7. The summed E-state index contributed by atoms with van der Waals surface area (Å²) in [4.78, 5) is 120. The molecular formula is C40H75N13O9. The molecule has 0 aliphatic carbocycles. The van der Waals surface area contributed by atoms with Crippen molar-refractivity contribution < 1.29 is 43.2 Å². The molecule has 9 amide bonds. The van der Waals surface area contributed by atoms with Crippen LogP contribution in [0.15, 0.2) is 0 Å². The van der Waals surface area contributed by atoms with E-state index < -0.39 is 104 Å². The average molecular weight is 882 g/mol. The van der Waals surface area contributed by atoms with Crippen LogP contribution in [-0.4, -0.2) is 130 Å². The second-order valence-corrected chi connectivity index (χ2v) is 19.3. The van der Waals surface area contributed by atoms with Crippen LogP contribution < -0.4 is 70.8 Å². The Balaban J connectivity index is 3.11. The molecule has 0 bridgehead atoms. The molecule has 0 spiro atoms. The number of piperidine rings is 1. The van der Waals surface area contributed by atoms with E-state index >= 15 is 0 Å². The Hall–Kier alpha value is -4.93. The van der Waals surface area contributed by atoms with Crippen molar-refractivity contribution in [1.82, 2.24) is 47.9 Å². The summed E-state index contributed by atoms with van der Waals surface area (Å²) in [5, 5.41) is 24.1. The molecule has 0 aromatic heterocycles. The molecule has 1 heterocycles. The first kappa shape index (κ1) is 55.1. The average Bonchev–Trinajstić information content (AvgIpc) is 3.13. The number of amides is 9. The molecule has 0 saturated carbocycles. The minimum Gasteiger partial charge on any atom is -0.368 e. The maximum Gasteiger partial charge on any atom is 0.246 e. The molecule has 354 valence electrons. The summed E-state index contributed by atoms with van der Waals surface area (Å²) in [6.07, 6.45) is 1.29. The highest BCUT2D eigenvalue weighted by Gasteiger charge is 2.45. The van der Waals surface area contributed by atoms with E-state index in [1.54, 1.807) is 0 Å². The zero-order chi connectivity index (χ0) is 48.3. The van der Waals surface area contributed by atoms with Gasteiger partial charge in [0, 0.05) is 0 Å². The minimum atomic E-state index is -1.67. The van der Waals surface area contributed by atoms with Crippen molar-refractivity contribution >= 4 is 53.2 Å². The Morgan fingerprint density at radius 2 is 0.839 bits per heavy atom. The molecule has 1 aliphatic rings. The van der Waals surface area contributed by atoms with Crippen molar-refractivity contribution in [2.45, 2.75) is 172 Å². The SMILES string of the molecule is CC(C)(N)C(=O)NC(C)(C)C(=O)N[C@@H](CCCN)C(=O)NC(C)(C)C(=O)NC(C)(C)C(=O)N[C@@H](CCCN)C(=O)NC(C)(C)C(=O)NC(C)(C)C(=O)NC1(C(N)=O)CCNCC1. The number of primary amides is 1. The van der Waals surface area contributed by atoms with E-state index in [2.05, 4.69) is 47.9 Å². The topological polar surface area (TPSA) is 366 Å². The maximum atomic E-state index is 13.7. The number of hydrogen-bond donors (Lipinski definition) is 13. The van der Waals surface area contributed by atoms with Crippen molar-refractivity contribution in [3.05, 3.63) is 0 Å². The summed E-state index contributed by atoms with van der Waals surface area (Å²) in [6, 6.07) is -2.40. The lowest BCUT2D eigenvalue weighted by atomic mass is 9.86. The standard InChI is InChI=1S/C40H75N13O9/c1-34(2,44)28(57)50-35(3,4)29(58)46-23(15-13-19-41)25(54)48-37(7,8)31(60)51-36(5,6)30(59)47-24(16-14-20-42)26(55)49-38(9,10)32(61)52-39(11,12)33(62)53-40(27(43)56)17-21-45-22-18-40/h23-24,45H,13-22,41-42,44H2,1-12H3,(H2,43,56)(H,46,58)(H,47,59)(H,48,54)(H,49,55)(H,50,57)(H,51,60)(H,52,61)(H,53,62)/t23-,24-/m0/s1. The van der Waals surface area contributed by atoms with Crippen LogP contribution in [0.2, 0.25) is 0 Å². The van der Waals surface area contributed by atoms with Crippen molar-refractivity contribution in [2.24, 2.45) is 22.9 Å². The molecular weight excluding hydrogens is 807 g/mol. The second kappa shape index (κ2) is 21.4. The fourth-order valence-electron chi connectivity index (χ4n) is 5.92. The van der Waals surface area contributed by atoms with Gasteiger partial charge < -0.3 is 70.8 Å². The Bertz CT molecular complexity index is 1680. The second-order valence-electron chi connectivity index (χ2n) is 19.3. The number of carbonyl (C=O) groups excluding carboxylic acids is 9. The van der Waals surface area contributed by atoms with E-state index in [1.165, 1.54) is 83.1 Å². The lowest BCUT2D eigenvalue weighted by Gasteiger charge is -2.39. The van der Waals surface area contributed by atoms with Gasteiger partial charge in [-0.1, -0.05) is 0 Å². The van der Waals surface area contributed by atoms with Gasteiger partial charge in [0.05, 0.1) is 5.54 Å². The largest absolute Gasteiger partial charge is 0.368 e. The van der Waals surface area contributed by atoms with Crippen LogP contribution >= 0.6 is 0 Å². The molecule has 62 heavy (non-hydrogen) atoms. The molecule has 0 radical (unpaired) electrons. The quantitative estimate of drug-likeness (QED) is 0.0472. The molecule has 1 saturated heterocycles. The molecule has 1 rings (SSSR count). The molecule has 0 unspecified atom stereocenters. The summed E-state index contributed by atoms with van der Waals surface area (Å²) >= 11 is 0. The van der Waals surface area contributed by atoms with Crippen LogP contribution in [0, 0.1) is 0 Å².